The highest BCUT2D eigenvalue weighted by molar-refractivity contribution is 7.99. The molecule has 0 aliphatic carbocycles. The zero-order chi connectivity index (χ0) is 23.2. The van der Waals surface area contributed by atoms with Crippen LogP contribution in [0, 0.1) is 0 Å². The standard InChI is InChI=1S/C26H32N4O2S/c1-19-10-9-11-20(2)30(19)24(31)18-33-26-28-27-25(22-14-7-8-15-23(22)32-3)29(26)17-16-21-12-5-4-6-13-21/h4-8,12-15,19-20H,9-11,16-18H2,1-3H3/t19-,20-/m0/s1. The van der Waals surface area contributed by atoms with Gasteiger partial charge in [-0.15, -0.1) is 10.2 Å². The summed E-state index contributed by atoms with van der Waals surface area (Å²) in [5, 5.41) is 9.76. The van der Waals surface area contributed by atoms with Crippen molar-refractivity contribution in [2.45, 2.75) is 63.3 Å². The van der Waals surface area contributed by atoms with Crippen LogP contribution in [0.5, 0.6) is 5.75 Å². The molecule has 3 aromatic rings. The van der Waals surface area contributed by atoms with Crippen molar-refractivity contribution in [2.24, 2.45) is 0 Å². The Balaban J connectivity index is 1.57. The van der Waals surface area contributed by atoms with Crippen LogP contribution in [-0.2, 0) is 17.8 Å². The second-order valence-corrected chi connectivity index (χ2v) is 9.55. The Morgan fingerprint density at radius 3 is 2.45 bits per heavy atom. The highest BCUT2D eigenvalue weighted by Gasteiger charge is 2.29. The number of thioether (sulfide) groups is 1. The number of para-hydroxylation sites is 1. The van der Waals surface area contributed by atoms with Crippen LogP contribution >= 0.6 is 11.8 Å². The van der Waals surface area contributed by atoms with Gasteiger partial charge in [0.2, 0.25) is 5.91 Å². The van der Waals surface area contributed by atoms with Gasteiger partial charge in [-0.2, -0.15) is 0 Å². The van der Waals surface area contributed by atoms with Crippen molar-refractivity contribution in [2.75, 3.05) is 12.9 Å². The molecule has 7 heteroatoms. The monoisotopic (exact) mass is 464 g/mol. The van der Waals surface area contributed by atoms with E-state index >= 15 is 0 Å². The molecule has 0 radical (unpaired) electrons. The average Bonchev–Trinajstić information content (AvgIpc) is 3.24. The van der Waals surface area contributed by atoms with Crippen LogP contribution in [0.25, 0.3) is 11.4 Å². The number of amides is 1. The third kappa shape index (κ3) is 5.41. The number of hydrogen-bond donors (Lipinski definition) is 0. The summed E-state index contributed by atoms with van der Waals surface area (Å²) in [4.78, 5) is 15.1. The van der Waals surface area contributed by atoms with Crippen molar-refractivity contribution in [1.82, 2.24) is 19.7 Å². The smallest absolute Gasteiger partial charge is 0.233 e. The number of nitrogens with zero attached hydrogens (tertiary/aromatic N) is 4. The minimum atomic E-state index is 0.177. The van der Waals surface area contributed by atoms with Crippen LogP contribution in [0.2, 0.25) is 0 Å². The number of benzene rings is 2. The van der Waals surface area contributed by atoms with Crippen molar-refractivity contribution < 1.29 is 9.53 Å². The summed E-state index contributed by atoms with van der Waals surface area (Å²) in [6.07, 6.45) is 4.19. The molecule has 1 amide bonds. The number of carbonyl (C=O) groups excluding carboxylic acids is 1. The fraction of sp³-hybridized carbons (Fsp3) is 0.423. The van der Waals surface area contributed by atoms with Crippen molar-refractivity contribution in [1.29, 1.82) is 0 Å². The molecule has 33 heavy (non-hydrogen) atoms. The lowest BCUT2D eigenvalue weighted by atomic mass is 9.98. The normalized spacial score (nSPS) is 18.3. The molecule has 1 aliphatic rings. The van der Waals surface area contributed by atoms with E-state index in [-0.39, 0.29) is 5.91 Å². The van der Waals surface area contributed by atoms with Gasteiger partial charge in [-0.1, -0.05) is 54.2 Å². The number of aryl methyl sites for hydroxylation is 1. The zero-order valence-corrected chi connectivity index (χ0v) is 20.4. The van der Waals surface area contributed by atoms with Crippen LogP contribution in [0.3, 0.4) is 0 Å². The molecule has 0 bridgehead atoms. The van der Waals surface area contributed by atoms with Gasteiger partial charge in [-0.3, -0.25) is 4.79 Å². The summed E-state index contributed by atoms with van der Waals surface area (Å²) < 4.78 is 7.70. The number of carbonyl (C=O) groups is 1. The van der Waals surface area contributed by atoms with Gasteiger partial charge in [0.05, 0.1) is 18.4 Å². The van der Waals surface area contributed by atoms with Gasteiger partial charge in [0.15, 0.2) is 11.0 Å². The molecule has 1 aromatic heterocycles. The number of rotatable bonds is 8. The highest BCUT2D eigenvalue weighted by Crippen LogP contribution is 2.32. The van der Waals surface area contributed by atoms with Gasteiger partial charge in [-0.25, -0.2) is 0 Å². The molecule has 1 aliphatic heterocycles. The molecule has 2 atom stereocenters. The zero-order valence-electron chi connectivity index (χ0n) is 19.6. The van der Waals surface area contributed by atoms with E-state index in [2.05, 4.69) is 57.8 Å². The Morgan fingerprint density at radius 1 is 1.03 bits per heavy atom. The molecular formula is C26H32N4O2S. The molecule has 0 saturated carbocycles. The Labute approximate surface area is 200 Å². The summed E-state index contributed by atoms with van der Waals surface area (Å²) in [6, 6.07) is 18.8. The molecular weight excluding hydrogens is 432 g/mol. The first-order chi connectivity index (χ1) is 16.1. The summed E-state index contributed by atoms with van der Waals surface area (Å²) in [7, 11) is 1.67. The van der Waals surface area contributed by atoms with Gasteiger partial charge in [-0.05, 0) is 57.2 Å². The largest absolute Gasteiger partial charge is 0.496 e. The summed E-state index contributed by atoms with van der Waals surface area (Å²) >= 11 is 1.47. The van der Waals surface area contributed by atoms with E-state index in [1.54, 1.807) is 7.11 Å². The number of piperidine rings is 1. The van der Waals surface area contributed by atoms with Crippen molar-refractivity contribution >= 4 is 17.7 Å². The van der Waals surface area contributed by atoms with Gasteiger partial charge in [0.1, 0.15) is 5.75 Å². The van der Waals surface area contributed by atoms with Gasteiger partial charge in [0, 0.05) is 18.6 Å². The van der Waals surface area contributed by atoms with Gasteiger partial charge < -0.3 is 14.2 Å². The maximum absolute atomic E-state index is 13.1. The van der Waals surface area contributed by atoms with Crippen LogP contribution < -0.4 is 4.74 Å². The maximum Gasteiger partial charge on any atom is 0.233 e. The fourth-order valence-electron chi connectivity index (χ4n) is 4.62. The lowest BCUT2D eigenvalue weighted by molar-refractivity contribution is -0.134. The first-order valence-corrected chi connectivity index (χ1v) is 12.6. The molecule has 174 valence electrons. The van der Waals surface area contributed by atoms with E-state index in [4.69, 9.17) is 4.74 Å². The topological polar surface area (TPSA) is 60.3 Å². The van der Waals surface area contributed by atoms with Crippen molar-refractivity contribution in [3.05, 3.63) is 60.2 Å². The maximum atomic E-state index is 13.1. The lowest BCUT2D eigenvalue weighted by Crippen LogP contribution is -2.48. The first kappa shape index (κ1) is 23.4. The summed E-state index contributed by atoms with van der Waals surface area (Å²) in [5.41, 5.74) is 2.15. The van der Waals surface area contributed by atoms with Crippen LogP contribution in [0.1, 0.15) is 38.7 Å². The minimum Gasteiger partial charge on any atom is -0.496 e. The average molecular weight is 465 g/mol. The lowest BCUT2D eigenvalue weighted by Gasteiger charge is -2.39. The number of ether oxygens (including phenoxy) is 1. The Morgan fingerprint density at radius 2 is 1.73 bits per heavy atom. The predicted molar refractivity (Wildman–Crippen MR) is 133 cm³/mol. The van der Waals surface area contributed by atoms with Gasteiger partial charge in [0.25, 0.3) is 0 Å². The number of hydrogen-bond acceptors (Lipinski definition) is 5. The molecule has 2 heterocycles. The molecule has 4 rings (SSSR count). The van der Waals surface area contributed by atoms with Crippen LogP contribution in [0.4, 0.5) is 0 Å². The summed E-state index contributed by atoms with van der Waals surface area (Å²) in [5.74, 6) is 2.06. The van der Waals surface area contributed by atoms with Crippen LogP contribution in [-0.4, -0.2) is 50.5 Å². The fourth-order valence-corrected chi connectivity index (χ4v) is 5.46. The van der Waals surface area contributed by atoms with E-state index in [9.17, 15) is 4.79 Å². The molecule has 1 fully saturated rings. The Hall–Kier alpha value is -2.80. The third-order valence-electron chi connectivity index (χ3n) is 6.34. The molecule has 0 unspecified atom stereocenters. The first-order valence-electron chi connectivity index (χ1n) is 11.6. The molecule has 2 aromatic carbocycles. The SMILES string of the molecule is COc1ccccc1-c1nnc(SCC(=O)N2[C@@H](C)CCC[C@@H]2C)n1CCc1ccccc1. The molecule has 6 nitrogen and oxygen atoms in total. The van der Waals surface area contributed by atoms with Gasteiger partial charge >= 0.3 is 0 Å². The van der Waals surface area contributed by atoms with Crippen molar-refractivity contribution in [3.63, 3.8) is 0 Å². The van der Waals surface area contributed by atoms with E-state index < -0.39 is 0 Å². The summed E-state index contributed by atoms with van der Waals surface area (Å²) in [6.45, 7) is 5.03. The van der Waals surface area contributed by atoms with E-state index in [0.717, 1.165) is 48.1 Å². The third-order valence-corrected chi connectivity index (χ3v) is 7.29. The van der Waals surface area contributed by atoms with E-state index in [0.29, 0.717) is 17.8 Å². The van der Waals surface area contributed by atoms with E-state index in [1.165, 1.54) is 23.7 Å². The Kier molecular flexibility index (Phi) is 7.70. The van der Waals surface area contributed by atoms with Crippen LogP contribution in [0.15, 0.2) is 59.8 Å². The minimum absolute atomic E-state index is 0.177. The predicted octanol–water partition coefficient (Wildman–Crippen LogP) is 5.08. The van der Waals surface area contributed by atoms with Crippen molar-refractivity contribution in [3.8, 4) is 17.1 Å². The Bertz CT molecular complexity index is 1060. The molecule has 1 saturated heterocycles. The van der Waals surface area contributed by atoms with E-state index in [1.807, 2.05) is 30.3 Å². The number of likely N-dealkylation sites (tertiary alicyclic amines) is 1. The molecule has 0 spiro atoms. The second kappa shape index (κ2) is 10.9. The second-order valence-electron chi connectivity index (χ2n) is 8.61. The quantitative estimate of drug-likeness (QED) is 0.435. The number of methoxy groups -OCH3 is 1. The molecule has 0 N–H and O–H groups in total. The number of aromatic nitrogens is 3. The highest BCUT2D eigenvalue weighted by atomic mass is 32.2.